The number of oxazole rings is 1. The van der Waals surface area contributed by atoms with Crippen molar-refractivity contribution in [3.8, 4) is 0 Å². The van der Waals surface area contributed by atoms with Crippen LogP contribution in [0.1, 0.15) is 11.3 Å². The van der Waals surface area contributed by atoms with Gasteiger partial charge >= 0.3 is 11.5 Å². The first-order valence-electron chi connectivity index (χ1n) is 7.28. The summed E-state index contributed by atoms with van der Waals surface area (Å²) in [4.78, 5) is 29.7. The number of aryl methyl sites for hydroxylation is 2. The lowest BCUT2D eigenvalue weighted by atomic mass is 10.2. The monoisotopic (exact) mass is 388 g/mol. The topological polar surface area (TPSA) is 74.4 Å². The van der Waals surface area contributed by atoms with Gasteiger partial charge in [-0.25, -0.2) is 4.79 Å². The molecule has 0 unspecified atom stereocenters. The summed E-state index contributed by atoms with van der Waals surface area (Å²) in [5.41, 5.74) is 0.718. The van der Waals surface area contributed by atoms with Crippen molar-refractivity contribution in [1.29, 1.82) is 0 Å². The Bertz CT molecular complexity index is 1190. The number of halogens is 1. The molecule has 7 nitrogen and oxygen atoms in total. The molecule has 0 amide bonds. The van der Waals surface area contributed by atoms with Gasteiger partial charge in [0.25, 0.3) is 5.56 Å². The standard InChI is InChI=1S/C16H13BrN4O3/c1-9-7-20-12-13(18-15(20)24-9)19(2)16(23)21(14(12)22)8-10-3-5-11(17)6-4-10/h3-7H,8H2,1-2H3. The van der Waals surface area contributed by atoms with Gasteiger partial charge < -0.3 is 4.42 Å². The number of nitrogens with zero attached hydrogens (tertiary/aromatic N) is 4. The molecule has 0 bridgehead atoms. The Morgan fingerprint density at radius 1 is 1.21 bits per heavy atom. The molecule has 0 aliphatic heterocycles. The molecule has 8 heteroatoms. The molecule has 4 rings (SSSR count). The summed E-state index contributed by atoms with van der Waals surface area (Å²) in [5.74, 6) is 0.947. The molecule has 4 aromatic rings. The second-order valence-corrected chi connectivity index (χ2v) is 6.55. The second-order valence-electron chi connectivity index (χ2n) is 5.64. The lowest BCUT2D eigenvalue weighted by Crippen LogP contribution is -2.39. The summed E-state index contributed by atoms with van der Waals surface area (Å²) in [6.07, 6.45) is 1.69. The number of imidazole rings is 1. The van der Waals surface area contributed by atoms with Crippen LogP contribution >= 0.6 is 15.9 Å². The van der Waals surface area contributed by atoms with Gasteiger partial charge in [-0.05, 0) is 24.6 Å². The molecule has 24 heavy (non-hydrogen) atoms. The van der Waals surface area contributed by atoms with Crippen molar-refractivity contribution in [2.75, 3.05) is 0 Å². The van der Waals surface area contributed by atoms with Crippen molar-refractivity contribution in [1.82, 2.24) is 18.5 Å². The highest BCUT2D eigenvalue weighted by atomic mass is 79.9. The molecule has 0 aliphatic rings. The Labute approximate surface area is 143 Å². The van der Waals surface area contributed by atoms with Crippen molar-refractivity contribution in [2.24, 2.45) is 7.05 Å². The van der Waals surface area contributed by atoms with Crippen LogP contribution in [0.15, 0.2) is 48.9 Å². The maximum absolute atomic E-state index is 12.9. The van der Waals surface area contributed by atoms with E-state index in [1.165, 1.54) is 9.13 Å². The Morgan fingerprint density at radius 2 is 1.92 bits per heavy atom. The zero-order chi connectivity index (χ0) is 17.0. The molecule has 0 atom stereocenters. The summed E-state index contributed by atoms with van der Waals surface area (Å²) in [6, 6.07) is 7.49. The molecule has 0 aliphatic carbocycles. The first-order valence-corrected chi connectivity index (χ1v) is 8.07. The van der Waals surface area contributed by atoms with Gasteiger partial charge in [-0.1, -0.05) is 28.1 Å². The van der Waals surface area contributed by atoms with E-state index in [4.69, 9.17) is 4.42 Å². The highest BCUT2D eigenvalue weighted by molar-refractivity contribution is 9.10. The zero-order valence-electron chi connectivity index (χ0n) is 13.0. The summed E-state index contributed by atoms with van der Waals surface area (Å²) in [5, 5.41) is 0. The summed E-state index contributed by atoms with van der Waals surface area (Å²) >= 11 is 3.37. The van der Waals surface area contributed by atoms with E-state index in [0.29, 0.717) is 22.8 Å². The minimum atomic E-state index is -0.409. The van der Waals surface area contributed by atoms with Crippen LogP contribution in [0.4, 0.5) is 0 Å². The first-order chi connectivity index (χ1) is 11.5. The number of benzene rings is 1. The molecular formula is C16H13BrN4O3. The third-order valence-electron chi connectivity index (χ3n) is 3.96. The summed E-state index contributed by atoms with van der Waals surface area (Å²) < 4.78 is 10.6. The van der Waals surface area contributed by atoms with Crippen molar-refractivity contribution in [3.05, 3.63) is 67.1 Å². The van der Waals surface area contributed by atoms with Gasteiger partial charge in [-0.2, -0.15) is 4.98 Å². The van der Waals surface area contributed by atoms with E-state index in [2.05, 4.69) is 20.9 Å². The molecular weight excluding hydrogens is 376 g/mol. The van der Waals surface area contributed by atoms with Gasteiger partial charge in [0.05, 0.1) is 12.7 Å². The van der Waals surface area contributed by atoms with E-state index >= 15 is 0 Å². The Balaban J connectivity index is 2.01. The fourth-order valence-electron chi connectivity index (χ4n) is 2.78. The van der Waals surface area contributed by atoms with Crippen LogP contribution in [0, 0.1) is 6.92 Å². The molecule has 122 valence electrons. The molecule has 0 spiro atoms. The van der Waals surface area contributed by atoms with Crippen molar-refractivity contribution < 1.29 is 4.42 Å². The average Bonchev–Trinajstić information content (AvgIpc) is 3.07. The zero-order valence-corrected chi connectivity index (χ0v) is 14.6. The predicted molar refractivity (Wildman–Crippen MR) is 92.4 cm³/mol. The molecule has 0 radical (unpaired) electrons. The van der Waals surface area contributed by atoms with Crippen LogP contribution in [-0.4, -0.2) is 18.5 Å². The maximum Gasteiger partial charge on any atom is 0.332 e. The number of fused-ring (bicyclic) bond motifs is 3. The number of aromatic nitrogens is 4. The largest absolute Gasteiger partial charge is 0.428 e. The van der Waals surface area contributed by atoms with E-state index in [0.717, 1.165) is 10.0 Å². The van der Waals surface area contributed by atoms with Crippen LogP contribution < -0.4 is 11.2 Å². The molecule has 1 aromatic carbocycles. The van der Waals surface area contributed by atoms with Crippen LogP contribution in [0.5, 0.6) is 0 Å². The molecule has 0 N–H and O–H groups in total. The highest BCUT2D eigenvalue weighted by Gasteiger charge is 2.19. The molecule has 0 saturated carbocycles. The normalized spacial score (nSPS) is 11.6. The van der Waals surface area contributed by atoms with Crippen molar-refractivity contribution in [3.63, 3.8) is 0 Å². The summed E-state index contributed by atoms with van der Waals surface area (Å²) in [7, 11) is 1.60. The number of rotatable bonds is 2. The van der Waals surface area contributed by atoms with E-state index in [1.807, 2.05) is 24.3 Å². The lowest BCUT2D eigenvalue weighted by Gasteiger charge is -2.08. The van der Waals surface area contributed by atoms with Crippen molar-refractivity contribution >= 4 is 32.9 Å². The molecule has 0 saturated heterocycles. The highest BCUT2D eigenvalue weighted by Crippen LogP contribution is 2.15. The van der Waals surface area contributed by atoms with E-state index in [-0.39, 0.29) is 12.1 Å². The molecule has 3 aromatic heterocycles. The molecule has 3 heterocycles. The smallest absolute Gasteiger partial charge is 0.332 e. The van der Waals surface area contributed by atoms with Crippen LogP contribution in [0.3, 0.4) is 0 Å². The fourth-order valence-corrected chi connectivity index (χ4v) is 3.04. The van der Waals surface area contributed by atoms with Gasteiger partial charge in [-0.3, -0.25) is 18.3 Å². The quantitative estimate of drug-likeness (QED) is 0.526. The number of hydrogen-bond acceptors (Lipinski definition) is 4. The lowest BCUT2D eigenvalue weighted by molar-refractivity contribution is 0.563. The number of hydrogen-bond donors (Lipinski definition) is 0. The van der Waals surface area contributed by atoms with Crippen LogP contribution in [-0.2, 0) is 13.6 Å². The SMILES string of the molecule is Cc1cn2c(nc3c2c(=O)n(Cc2ccc(Br)cc2)c(=O)n3C)o1. The van der Waals surface area contributed by atoms with E-state index in [1.54, 1.807) is 24.6 Å². The maximum atomic E-state index is 12.9. The van der Waals surface area contributed by atoms with Gasteiger partial charge in [0, 0.05) is 11.5 Å². The predicted octanol–water partition coefficient (Wildman–Crippen LogP) is 2.06. The average molecular weight is 389 g/mol. The third-order valence-corrected chi connectivity index (χ3v) is 4.49. The fraction of sp³-hybridized carbons (Fsp3) is 0.188. The minimum Gasteiger partial charge on any atom is -0.428 e. The first kappa shape index (κ1) is 14.9. The van der Waals surface area contributed by atoms with Crippen molar-refractivity contribution in [2.45, 2.75) is 13.5 Å². The van der Waals surface area contributed by atoms with Gasteiger partial charge in [-0.15, -0.1) is 0 Å². The Hall–Kier alpha value is -2.61. The molecule has 0 fully saturated rings. The summed E-state index contributed by atoms with van der Waals surface area (Å²) in [6.45, 7) is 1.97. The second kappa shape index (κ2) is 5.20. The van der Waals surface area contributed by atoms with Gasteiger partial charge in [0.1, 0.15) is 5.76 Å². The third kappa shape index (κ3) is 2.14. The van der Waals surface area contributed by atoms with Crippen LogP contribution in [0.2, 0.25) is 0 Å². The Morgan fingerprint density at radius 3 is 2.62 bits per heavy atom. The Kier molecular flexibility index (Phi) is 3.24. The van der Waals surface area contributed by atoms with E-state index in [9.17, 15) is 9.59 Å². The van der Waals surface area contributed by atoms with Gasteiger partial charge in [0.15, 0.2) is 11.2 Å². The van der Waals surface area contributed by atoms with Gasteiger partial charge in [0.2, 0.25) is 0 Å². The van der Waals surface area contributed by atoms with Crippen LogP contribution in [0.25, 0.3) is 17.0 Å². The van der Waals surface area contributed by atoms with E-state index < -0.39 is 5.69 Å². The minimum absolute atomic E-state index is 0.193.